The number of carbonyl (C=O) groups excluding carboxylic acids is 6. The molecule has 0 aromatic carbocycles. The Hall–Kier alpha value is -3.10. The summed E-state index contributed by atoms with van der Waals surface area (Å²) in [7, 11) is 0. The number of amides is 1. The van der Waals surface area contributed by atoms with E-state index in [2.05, 4.69) is 74.6 Å². The second-order valence-electron chi connectivity index (χ2n) is 26.3. The molecule has 0 bridgehead atoms. The van der Waals surface area contributed by atoms with Gasteiger partial charge in [0.1, 0.15) is 29.0 Å². The topological polar surface area (TPSA) is 229 Å². The Kier molecular flexibility index (Phi) is 38.1. The van der Waals surface area contributed by atoms with Gasteiger partial charge in [0.05, 0.1) is 37.9 Å². The zero-order valence-electron chi connectivity index (χ0n) is 49.4. The standard InChI is InChI=1S/C15H29NO4.C12H25NO.C11H23NO.C9H18O3.C8H17NO/c1-10(2)11(12(17)20-15(6,7)8)16-13(18)19-9-14(3,4)5;1-6-9(2)11(13)10(14)7-8-12(3,4)5;1-8(2)10(12)9(13)6-7-11(3,4)5;1-7(2)12-8(10)11-6-9(3,4)5;1-8(2,3)5-4-7(10)6-9/h10-11H,9H2,1-8H3,(H,16,18);9,11H,6-8,13H2,1-5H3;8,10H,6-7,12H2,1-5H3;7H,6H2,1-5H3;4-6,9H2,1-3H3. The molecule has 14 heteroatoms. The van der Waals surface area contributed by atoms with Crippen LogP contribution in [0.5, 0.6) is 0 Å². The molecule has 0 heterocycles. The van der Waals surface area contributed by atoms with Crippen molar-refractivity contribution < 1.29 is 47.7 Å². The number of nitrogens with two attached hydrogens (primary N) is 3. The summed E-state index contributed by atoms with van der Waals surface area (Å²) >= 11 is 0. The molecule has 412 valence electrons. The van der Waals surface area contributed by atoms with E-state index in [0.717, 1.165) is 25.7 Å². The van der Waals surface area contributed by atoms with Crippen LogP contribution < -0.4 is 22.5 Å². The monoisotopic (exact) mass is 989 g/mol. The molecule has 0 aliphatic rings. The minimum atomic E-state index is -0.707. The summed E-state index contributed by atoms with van der Waals surface area (Å²) in [6.07, 6.45) is 4.33. The molecule has 0 spiro atoms. The lowest BCUT2D eigenvalue weighted by molar-refractivity contribution is -0.158. The Balaban J connectivity index is -0.000000253. The van der Waals surface area contributed by atoms with Gasteiger partial charge in [0, 0.05) is 19.3 Å². The fraction of sp³-hybridized carbons (Fsp3) is 0.891. The van der Waals surface area contributed by atoms with E-state index in [4.69, 9.17) is 36.1 Å². The molecular weight excluding hydrogens is 877 g/mol. The van der Waals surface area contributed by atoms with Crippen molar-refractivity contribution in [2.75, 3.05) is 19.8 Å². The third kappa shape index (κ3) is 55.7. The number of Topliss-reactive ketones (excluding diaryl/α,β-unsaturated/α-hetero) is 3. The second-order valence-corrected chi connectivity index (χ2v) is 26.3. The summed E-state index contributed by atoms with van der Waals surface area (Å²) in [5.74, 6) is 0.622. The van der Waals surface area contributed by atoms with Gasteiger partial charge in [-0.3, -0.25) is 14.4 Å². The van der Waals surface area contributed by atoms with Crippen LogP contribution in [0.25, 0.3) is 0 Å². The summed E-state index contributed by atoms with van der Waals surface area (Å²) in [6, 6.07) is -1.24. The molecule has 0 aliphatic carbocycles. The SMILES string of the molecule is CC(C)(C)CCC(=O)CN.CC(C)C(N)C(=O)CCC(C)(C)C.CC(C)C(NC(=O)OCC(C)(C)C)C(=O)OC(C)(C)C.CC(C)OC(=O)OCC(C)(C)C.CCC(C)C(N)C(=O)CCC(C)(C)C. The fourth-order valence-electron chi connectivity index (χ4n) is 4.70. The molecule has 7 N–H and O–H groups in total. The van der Waals surface area contributed by atoms with Gasteiger partial charge in [0.2, 0.25) is 0 Å². The molecule has 14 nitrogen and oxygen atoms in total. The van der Waals surface area contributed by atoms with Crippen LogP contribution in [0.1, 0.15) is 225 Å². The summed E-state index contributed by atoms with van der Waals surface area (Å²) in [4.78, 5) is 68.5. The lowest BCUT2D eigenvalue weighted by Gasteiger charge is -2.26. The number of esters is 1. The molecule has 0 saturated carbocycles. The van der Waals surface area contributed by atoms with Gasteiger partial charge in [0.15, 0.2) is 0 Å². The van der Waals surface area contributed by atoms with E-state index in [0.29, 0.717) is 31.8 Å². The molecule has 1 amide bonds. The average molecular weight is 990 g/mol. The highest BCUT2D eigenvalue weighted by atomic mass is 16.7. The van der Waals surface area contributed by atoms with E-state index in [-0.39, 0.29) is 87.6 Å². The maximum atomic E-state index is 12.0. The average Bonchev–Trinajstić information content (AvgIpc) is 3.16. The van der Waals surface area contributed by atoms with Gasteiger partial charge in [-0.1, -0.05) is 152 Å². The number of hydrogen-bond donors (Lipinski definition) is 4. The van der Waals surface area contributed by atoms with Crippen molar-refractivity contribution >= 4 is 35.6 Å². The molecule has 69 heavy (non-hydrogen) atoms. The van der Waals surface area contributed by atoms with Crippen molar-refractivity contribution in [3.63, 3.8) is 0 Å². The van der Waals surface area contributed by atoms with Crippen LogP contribution in [0.4, 0.5) is 9.59 Å². The fourth-order valence-corrected chi connectivity index (χ4v) is 4.70. The molecule has 0 saturated heterocycles. The van der Waals surface area contributed by atoms with Crippen LogP contribution in [-0.4, -0.2) is 85.2 Å². The van der Waals surface area contributed by atoms with Gasteiger partial charge in [0.25, 0.3) is 0 Å². The molecular formula is C55H112N4O10. The summed E-state index contributed by atoms with van der Waals surface area (Å²) in [6.45, 7) is 52.7. The van der Waals surface area contributed by atoms with E-state index in [1.807, 2.05) is 76.2 Å². The molecule has 0 aromatic heterocycles. The van der Waals surface area contributed by atoms with E-state index >= 15 is 0 Å². The first-order valence-corrected chi connectivity index (χ1v) is 25.4. The number of ketones is 3. The highest BCUT2D eigenvalue weighted by Crippen LogP contribution is 2.23. The Bertz CT molecular complexity index is 1430. The minimum Gasteiger partial charge on any atom is -0.458 e. The van der Waals surface area contributed by atoms with Gasteiger partial charge in [-0.25, -0.2) is 14.4 Å². The second kappa shape index (κ2) is 35.1. The maximum absolute atomic E-state index is 12.0. The summed E-state index contributed by atoms with van der Waals surface area (Å²) in [5.41, 5.74) is 16.8. The predicted octanol–water partition coefficient (Wildman–Crippen LogP) is 12.2. The van der Waals surface area contributed by atoms with Crippen LogP contribution >= 0.6 is 0 Å². The van der Waals surface area contributed by atoms with Crippen molar-refractivity contribution in [1.82, 2.24) is 5.32 Å². The lowest BCUT2D eigenvalue weighted by Crippen LogP contribution is -2.47. The Morgan fingerprint density at radius 1 is 0.522 bits per heavy atom. The van der Waals surface area contributed by atoms with Crippen LogP contribution in [0.15, 0.2) is 0 Å². The number of alkyl carbamates (subject to hydrolysis) is 1. The normalized spacial score (nSPS) is 13.8. The number of hydrogen-bond acceptors (Lipinski definition) is 13. The first kappa shape index (κ1) is 74.8. The molecule has 0 aromatic rings. The third-order valence-electron chi connectivity index (χ3n) is 9.54. The van der Waals surface area contributed by atoms with Crippen molar-refractivity contribution in [2.24, 2.45) is 62.0 Å². The number of rotatable bonds is 18. The van der Waals surface area contributed by atoms with E-state index in [1.165, 1.54) is 0 Å². The van der Waals surface area contributed by atoms with Crippen LogP contribution in [0, 0.1) is 44.8 Å². The van der Waals surface area contributed by atoms with Crippen molar-refractivity contribution in [1.29, 1.82) is 0 Å². The number of nitrogens with one attached hydrogen (secondary N) is 1. The predicted molar refractivity (Wildman–Crippen MR) is 286 cm³/mol. The zero-order valence-corrected chi connectivity index (χ0v) is 49.4. The molecule has 0 radical (unpaired) electrons. The maximum Gasteiger partial charge on any atom is 0.508 e. The molecule has 0 fully saturated rings. The van der Waals surface area contributed by atoms with E-state index < -0.39 is 29.9 Å². The first-order valence-electron chi connectivity index (χ1n) is 25.4. The molecule has 0 aliphatic heterocycles. The summed E-state index contributed by atoms with van der Waals surface area (Å²) < 4.78 is 20.0. The summed E-state index contributed by atoms with van der Waals surface area (Å²) in [5, 5.41) is 2.58. The third-order valence-corrected chi connectivity index (χ3v) is 9.54. The van der Waals surface area contributed by atoms with Gasteiger partial charge in [-0.05, 0) is 98.7 Å². The Labute approximate surface area is 423 Å². The first-order chi connectivity index (χ1) is 30.6. The van der Waals surface area contributed by atoms with Crippen molar-refractivity contribution in [3.05, 3.63) is 0 Å². The Morgan fingerprint density at radius 3 is 1.20 bits per heavy atom. The molecule has 4 atom stereocenters. The molecule has 0 rings (SSSR count). The van der Waals surface area contributed by atoms with Crippen LogP contribution in [-0.2, 0) is 38.1 Å². The van der Waals surface area contributed by atoms with Crippen molar-refractivity contribution in [3.8, 4) is 0 Å². The van der Waals surface area contributed by atoms with Gasteiger partial charge < -0.3 is 41.5 Å². The quantitative estimate of drug-likeness (QED) is 0.0741. The van der Waals surface area contributed by atoms with Crippen LogP contribution in [0.3, 0.4) is 0 Å². The smallest absolute Gasteiger partial charge is 0.458 e. The number of ether oxygens (including phenoxy) is 4. The lowest BCUT2D eigenvalue weighted by atomic mass is 9.86. The molecule has 4 unspecified atom stereocenters. The zero-order chi connectivity index (χ0) is 56.1. The van der Waals surface area contributed by atoms with Gasteiger partial charge in [-0.15, -0.1) is 0 Å². The van der Waals surface area contributed by atoms with E-state index in [9.17, 15) is 28.8 Å². The highest BCUT2D eigenvalue weighted by molar-refractivity contribution is 5.84. The van der Waals surface area contributed by atoms with Gasteiger partial charge in [-0.2, -0.15) is 0 Å². The number of carbonyl (C=O) groups is 6. The largest absolute Gasteiger partial charge is 0.508 e. The minimum absolute atomic E-state index is 0.00397. The van der Waals surface area contributed by atoms with Gasteiger partial charge >= 0.3 is 18.2 Å². The van der Waals surface area contributed by atoms with E-state index in [1.54, 1.807) is 34.6 Å². The van der Waals surface area contributed by atoms with Crippen LogP contribution in [0.2, 0.25) is 0 Å². The highest BCUT2D eigenvalue weighted by Gasteiger charge is 2.30. The van der Waals surface area contributed by atoms with Crippen molar-refractivity contribution in [2.45, 2.75) is 255 Å². The Morgan fingerprint density at radius 2 is 0.899 bits per heavy atom.